The standard InChI is InChI=1S/C20H17BrN2O2/c21-18-8-4-5-9-19(18)23-20(24)22-16-10-12-17(13-11-16)25-14-15-6-2-1-3-7-15/h1-13H,14H2,(H2,22,23,24). The highest BCUT2D eigenvalue weighted by molar-refractivity contribution is 9.10. The molecule has 0 aliphatic carbocycles. The van der Waals surface area contributed by atoms with E-state index >= 15 is 0 Å². The van der Waals surface area contributed by atoms with E-state index in [2.05, 4.69) is 26.6 Å². The summed E-state index contributed by atoms with van der Waals surface area (Å²) in [6, 6.07) is 24.4. The minimum absolute atomic E-state index is 0.301. The second-order valence-electron chi connectivity index (χ2n) is 5.36. The Balaban J connectivity index is 1.53. The lowest BCUT2D eigenvalue weighted by atomic mass is 10.2. The van der Waals surface area contributed by atoms with Gasteiger partial charge in [-0.3, -0.25) is 0 Å². The van der Waals surface area contributed by atoms with Gasteiger partial charge in [0.05, 0.1) is 5.69 Å². The van der Waals surface area contributed by atoms with Gasteiger partial charge in [0.25, 0.3) is 0 Å². The summed E-state index contributed by atoms with van der Waals surface area (Å²) >= 11 is 3.40. The zero-order chi connectivity index (χ0) is 17.5. The monoisotopic (exact) mass is 396 g/mol. The van der Waals surface area contributed by atoms with Crippen molar-refractivity contribution in [2.45, 2.75) is 6.61 Å². The summed E-state index contributed by atoms with van der Waals surface area (Å²) in [5.74, 6) is 0.751. The zero-order valence-electron chi connectivity index (χ0n) is 13.4. The van der Waals surface area contributed by atoms with Gasteiger partial charge in [0.15, 0.2) is 0 Å². The van der Waals surface area contributed by atoms with Crippen molar-refractivity contribution >= 4 is 33.3 Å². The van der Waals surface area contributed by atoms with Crippen LogP contribution in [0.4, 0.5) is 16.2 Å². The summed E-state index contributed by atoms with van der Waals surface area (Å²) in [5, 5.41) is 5.58. The lowest BCUT2D eigenvalue weighted by Crippen LogP contribution is -2.19. The van der Waals surface area contributed by atoms with Gasteiger partial charge in [-0.25, -0.2) is 4.79 Å². The highest BCUT2D eigenvalue weighted by Crippen LogP contribution is 2.22. The molecule has 126 valence electrons. The van der Waals surface area contributed by atoms with Crippen molar-refractivity contribution in [2.75, 3.05) is 10.6 Å². The number of para-hydroxylation sites is 1. The first-order valence-corrected chi connectivity index (χ1v) is 8.59. The van der Waals surface area contributed by atoms with Gasteiger partial charge in [0.1, 0.15) is 12.4 Å². The summed E-state index contributed by atoms with van der Waals surface area (Å²) in [5.41, 5.74) is 2.51. The quantitative estimate of drug-likeness (QED) is 0.583. The number of benzene rings is 3. The zero-order valence-corrected chi connectivity index (χ0v) is 15.0. The minimum atomic E-state index is -0.301. The number of anilines is 2. The van der Waals surface area contributed by atoms with E-state index in [4.69, 9.17) is 4.74 Å². The molecule has 0 bridgehead atoms. The van der Waals surface area contributed by atoms with Crippen molar-refractivity contribution < 1.29 is 9.53 Å². The van der Waals surface area contributed by atoms with Gasteiger partial charge in [-0.15, -0.1) is 0 Å². The molecule has 3 rings (SSSR count). The fourth-order valence-electron chi connectivity index (χ4n) is 2.22. The van der Waals surface area contributed by atoms with Gasteiger partial charge in [0.2, 0.25) is 0 Å². The number of hydrogen-bond donors (Lipinski definition) is 2. The van der Waals surface area contributed by atoms with Crippen molar-refractivity contribution in [3.8, 4) is 5.75 Å². The molecule has 0 atom stereocenters. The van der Waals surface area contributed by atoms with Crippen LogP contribution in [-0.2, 0) is 6.61 Å². The van der Waals surface area contributed by atoms with E-state index in [0.717, 1.165) is 15.8 Å². The second-order valence-corrected chi connectivity index (χ2v) is 6.21. The molecule has 5 heteroatoms. The molecule has 0 aliphatic heterocycles. The van der Waals surface area contributed by atoms with E-state index < -0.39 is 0 Å². The molecule has 0 unspecified atom stereocenters. The predicted octanol–water partition coefficient (Wildman–Crippen LogP) is 5.67. The van der Waals surface area contributed by atoms with Gasteiger partial charge < -0.3 is 15.4 Å². The largest absolute Gasteiger partial charge is 0.489 e. The van der Waals surface area contributed by atoms with Crippen molar-refractivity contribution in [1.29, 1.82) is 0 Å². The first-order chi connectivity index (χ1) is 12.2. The number of halogens is 1. The Hall–Kier alpha value is -2.79. The summed E-state index contributed by atoms with van der Waals surface area (Å²) in [7, 11) is 0. The molecule has 0 radical (unpaired) electrons. The maximum absolute atomic E-state index is 12.1. The van der Waals surface area contributed by atoms with Crippen LogP contribution >= 0.6 is 15.9 Å². The van der Waals surface area contributed by atoms with E-state index in [1.807, 2.05) is 66.7 Å². The average molecular weight is 397 g/mol. The van der Waals surface area contributed by atoms with Gasteiger partial charge in [0, 0.05) is 10.2 Å². The van der Waals surface area contributed by atoms with Crippen LogP contribution in [0.1, 0.15) is 5.56 Å². The van der Waals surface area contributed by atoms with Gasteiger partial charge in [-0.1, -0.05) is 42.5 Å². The topological polar surface area (TPSA) is 50.4 Å². The molecule has 25 heavy (non-hydrogen) atoms. The number of carbonyl (C=O) groups excluding carboxylic acids is 1. The SMILES string of the molecule is O=C(Nc1ccc(OCc2ccccc2)cc1)Nc1ccccc1Br. The third-order valence-corrected chi connectivity index (χ3v) is 4.17. The maximum atomic E-state index is 12.1. The van der Waals surface area contributed by atoms with Crippen molar-refractivity contribution in [2.24, 2.45) is 0 Å². The Morgan fingerprint density at radius 1 is 0.840 bits per heavy atom. The molecule has 0 saturated carbocycles. The highest BCUT2D eigenvalue weighted by Gasteiger charge is 2.05. The molecule has 0 spiro atoms. The number of hydrogen-bond acceptors (Lipinski definition) is 2. The number of ether oxygens (including phenoxy) is 1. The summed E-state index contributed by atoms with van der Waals surface area (Å²) < 4.78 is 6.56. The lowest BCUT2D eigenvalue weighted by molar-refractivity contribution is 0.262. The van der Waals surface area contributed by atoms with Gasteiger partial charge in [-0.05, 0) is 57.9 Å². The van der Waals surface area contributed by atoms with Crippen LogP contribution in [0.2, 0.25) is 0 Å². The van der Waals surface area contributed by atoms with Gasteiger partial charge >= 0.3 is 6.03 Å². The minimum Gasteiger partial charge on any atom is -0.489 e. The number of urea groups is 1. The van der Waals surface area contributed by atoms with Gasteiger partial charge in [-0.2, -0.15) is 0 Å². The number of nitrogens with one attached hydrogen (secondary N) is 2. The molecule has 0 heterocycles. The molecule has 2 N–H and O–H groups in total. The van der Waals surface area contributed by atoms with Crippen LogP contribution in [0.15, 0.2) is 83.3 Å². The Morgan fingerprint density at radius 2 is 1.52 bits per heavy atom. The fourth-order valence-corrected chi connectivity index (χ4v) is 2.61. The third kappa shape index (κ3) is 5.09. The van der Waals surface area contributed by atoms with E-state index in [1.165, 1.54) is 0 Å². The summed E-state index contributed by atoms with van der Waals surface area (Å²) in [6.07, 6.45) is 0. The number of amides is 2. The normalized spacial score (nSPS) is 10.1. The Morgan fingerprint density at radius 3 is 2.24 bits per heavy atom. The number of carbonyl (C=O) groups is 1. The van der Waals surface area contributed by atoms with E-state index in [9.17, 15) is 4.79 Å². The fraction of sp³-hybridized carbons (Fsp3) is 0.0500. The number of rotatable bonds is 5. The summed E-state index contributed by atoms with van der Waals surface area (Å²) in [6.45, 7) is 0.510. The molecule has 3 aromatic rings. The average Bonchev–Trinajstić information content (AvgIpc) is 2.64. The van der Waals surface area contributed by atoms with Crippen molar-refractivity contribution in [3.05, 3.63) is 88.9 Å². The van der Waals surface area contributed by atoms with Crippen LogP contribution in [0.5, 0.6) is 5.75 Å². The summed E-state index contributed by atoms with van der Waals surface area (Å²) in [4.78, 5) is 12.1. The van der Waals surface area contributed by atoms with Crippen molar-refractivity contribution in [3.63, 3.8) is 0 Å². The van der Waals surface area contributed by atoms with Crippen LogP contribution < -0.4 is 15.4 Å². The second kappa shape index (κ2) is 8.35. The Bertz CT molecular complexity index is 836. The molecular formula is C20H17BrN2O2. The van der Waals surface area contributed by atoms with E-state index in [-0.39, 0.29) is 6.03 Å². The molecule has 0 aliphatic rings. The van der Waals surface area contributed by atoms with Crippen LogP contribution in [-0.4, -0.2) is 6.03 Å². The first-order valence-electron chi connectivity index (χ1n) is 7.80. The van der Waals surface area contributed by atoms with E-state index in [0.29, 0.717) is 18.0 Å². The Kier molecular flexibility index (Phi) is 5.69. The Labute approximate surface area is 155 Å². The molecule has 0 aromatic heterocycles. The van der Waals surface area contributed by atoms with Crippen LogP contribution in [0.3, 0.4) is 0 Å². The third-order valence-electron chi connectivity index (χ3n) is 3.48. The molecule has 0 saturated heterocycles. The van der Waals surface area contributed by atoms with Crippen LogP contribution in [0, 0.1) is 0 Å². The molecule has 2 amide bonds. The molecule has 3 aromatic carbocycles. The lowest BCUT2D eigenvalue weighted by Gasteiger charge is -2.10. The van der Waals surface area contributed by atoms with Crippen molar-refractivity contribution in [1.82, 2.24) is 0 Å². The molecule has 0 fully saturated rings. The molecule has 4 nitrogen and oxygen atoms in total. The highest BCUT2D eigenvalue weighted by atomic mass is 79.9. The maximum Gasteiger partial charge on any atom is 0.323 e. The van der Waals surface area contributed by atoms with E-state index in [1.54, 1.807) is 12.1 Å². The predicted molar refractivity (Wildman–Crippen MR) is 104 cm³/mol. The van der Waals surface area contributed by atoms with Crippen LogP contribution in [0.25, 0.3) is 0 Å². The smallest absolute Gasteiger partial charge is 0.323 e. The molecular weight excluding hydrogens is 380 g/mol. The first kappa shape index (κ1) is 17.0.